The average molecular weight is 463 g/mol. The summed E-state index contributed by atoms with van der Waals surface area (Å²) in [6, 6.07) is 15.6. The number of amides is 2. The molecule has 1 heterocycles. The van der Waals surface area contributed by atoms with E-state index in [2.05, 4.69) is 29.6 Å². The maximum atomic E-state index is 12.9. The summed E-state index contributed by atoms with van der Waals surface area (Å²) in [4.78, 5) is 38.6. The quantitative estimate of drug-likeness (QED) is 0.679. The lowest BCUT2D eigenvalue weighted by Gasteiger charge is -2.29. The third-order valence-electron chi connectivity index (χ3n) is 7.66. The number of alkyl carbamates (subject to hydrolysis) is 1. The lowest BCUT2D eigenvalue weighted by atomic mass is 9.85. The van der Waals surface area contributed by atoms with Gasteiger partial charge in [-0.25, -0.2) is 9.59 Å². The Hall–Kier alpha value is -3.35. The van der Waals surface area contributed by atoms with Gasteiger partial charge in [-0.1, -0.05) is 62.4 Å². The molecule has 3 atom stereocenters. The van der Waals surface area contributed by atoms with Crippen LogP contribution in [0.4, 0.5) is 4.79 Å². The van der Waals surface area contributed by atoms with Crippen LogP contribution in [-0.4, -0.2) is 53.7 Å². The van der Waals surface area contributed by atoms with Gasteiger partial charge in [0, 0.05) is 24.9 Å². The maximum Gasteiger partial charge on any atom is 0.407 e. The lowest BCUT2D eigenvalue weighted by molar-refractivity contribution is -0.151. The molecule has 2 aliphatic carbocycles. The largest absolute Gasteiger partial charge is 0.480 e. The van der Waals surface area contributed by atoms with Gasteiger partial charge in [-0.3, -0.25) is 4.79 Å². The Morgan fingerprint density at radius 2 is 1.68 bits per heavy atom. The second-order valence-electron chi connectivity index (χ2n) is 10.3. The molecule has 3 aliphatic rings. The molecule has 1 unspecified atom stereocenters. The molecule has 178 valence electrons. The molecule has 5 rings (SSSR count). The fourth-order valence-electron chi connectivity index (χ4n) is 5.65. The van der Waals surface area contributed by atoms with E-state index in [0.717, 1.165) is 11.1 Å². The third-order valence-corrected chi connectivity index (χ3v) is 7.66. The molecule has 0 bridgehead atoms. The lowest BCUT2D eigenvalue weighted by Crippen LogP contribution is -2.47. The molecule has 0 spiro atoms. The van der Waals surface area contributed by atoms with Gasteiger partial charge in [-0.2, -0.15) is 0 Å². The second kappa shape index (κ2) is 8.46. The van der Waals surface area contributed by atoms with E-state index in [-0.39, 0.29) is 30.3 Å². The third kappa shape index (κ3) is 3.93. The van der Waals surface area contributed by atoms with Crippen LogP contribution in [-0.2, 0) is 14.3 Å². The van der Waals surface area contributed by atoms with Crippen LogP contribution in [0.15, 0.2) is 48.5 Å². The zero-order chi connectivity index (χ0) is 24.0. The van der Waals surface area contributed by atoms with Crippen molar-refractivity contribution in [3.63, 3.8) is 0 Å². The van der Waals surface area contributed by atoms with E-state index in [1.807, 2.05) is 38.1 Å². The van der Waals surface area contributed by atoms with E-state index in [9.17, 15) is 19.5 Å². The van der Waals surface area contributed by atoms with E-state index in [1.54, 1.807) is 0 Å². The number of aliphatic carboxylic acids is 1. The molecule has 2 amide bonds. The number of hydrogen-bond acceptors (Lipinski definition) is 4. The number of carbonyl (C=O) groups excluding carboxylic acids is 2. The van der Waals surface area contributed by atoms with E-state index in [1.165, 1.54) is 16.0 Å². The Labute approximate surface area is 199 Å². The summed E-state index contributed by atoms with van der Waals surface area (Å²) in [5, 5.41) is 12.4. The van der Waals surface area contributed by atoms with Crippen molar-refractivity contribution in [1.82, 2.24) is 10.2 Å². The van der Waals surface area contributed by atoms with Gasteiger partial charge < -0.3 is 20.1 Å². The summed E-state index contributed by atoms with van der Waals surface area (Å²) in [5.41, 5.74) is 4.23. The molecular formula is C27H30N2O5. The molecule has 2 N–H and O–H groups in total. The number of carboxylic acids is 1. The first-order chi connectivity index (χ1) is 16.3. The highest BCUT2D eigenvalue weighted by Gasteiger charge is 2.52. The molecule has 7 heteroatoms. The molecule has 2 fully saturated rings. The highest BCUT2D eigenvalue weighted by molar-refractivity contribution is 5.88. The first-order valence-corrected chi connectivity index (χ1v) is 11.9. The van der Waals surface area contributed by atoms with E-state index < -0.39 is 23.5 Å². The Morgan fingerprint density at radius 1 is 1.06 bits per heavy atom. The van der Waals surface area contributed by atoms with Crippen LogP contribution in [0.5, 0.6) is 0 Å². The molecule has 7 nitrogen and oxygen atoms in total. The van der Waals surface area contributed by atoms with Crippen molar-refractivity contribution in [1.29, 1.82) is 0 Å². The average Bonchev–Trinajstić information content (AvgIpc) is 3.42. The predicted molar refractivity (Wildman–Crippen MR) is 126 cm³/mol. The summed E-state index contributed by atoms with van der Waals surface area (Å²) < 4.78 is 5.57. The molecule has 1 aliphatic heterocycles. The fourth-order valence-corrected chi connectivity index (χ4v) is 5.65. The number of ether oxygens (including phenoxy) is 1. The van der Waals surface area contributed by atoms with Crippen LogP contribution < -0.4 is 5.32 Å². The van der Waals surface area contributed by atoms with Crippen LogP contribution in [0.1, 0.15) is 43.7 Å². The van der Waals surface area contributed by atoms with Gasteiger partial charge in [0.25, 0.3) is 0 Å². The van der Waals surface area contributed by atoms with Gasteiger partial charge in [0.15, 0.2) is 0 Å². The number of nitrogens with one attached hydrogen (secondary N) is 1. The van der Waals surface area contributed by atoms with Crippen molar-refractivity contribution < 1.29 is 24.2 Å². The van der Waals surface area contributed by atoms with Crippen molar-refractivity contribution in [3.05, 3.63) is 59.7 Å². The van der Waals surface area contributed by atoms with Gasteiger partial charge in [0.05, 0.1) is 0 Å². The second-order valence-corrected chi connectivity index (χ2v) is 10.3. The minimum atomic E-state index is -0.954. The Morgan fingerprint density at radius 3 is 2.29 bits per heavy atom. The highest BCUT2D eigenvalue weighted by Crippen LogP contribution is 2.45. The summed E-state index contributed by atoms with van der Waals surface area (Å²) in [6.45, 7) is 4.84. The van der Waals surface area contributed by atoms with Crippen LogP contribution in [0.25, 0.3) is 11.1 Å². The van der Waals surface area contributed by atoms with E-state index in [4.69, 9.17) is 4.74 Å². The van der Waals surface area contributed by atoms with Crippen molar-refractivity contribution in [2.45, 2.75) is 38.6 Å². The molecule has 1 saturated heterocycles. The van der Waals surface area contributed by atoms with Crippen molar-refractivity contribution >= 4 is 18.0 Å². The standard InChI is InChI=1S/C27H30N2O5/c1-27(2)11-12-29(23(27)25(31)32)24(30)21-13-16(21)14-28-26(33)34-15-22-19-9-5-3-7-17(19)18-8-4-6-10-20(18)22/h3-10,16,21-23H,11-15H2,1-2H3,(H,28,33)(H,31,32)/t16-,21-,23?/m1/s1. The molecule has 0 aromatic heterocycles. The summed E-state index contributed by atoms with van der Waals surface area (Å²) in [5.74, 6) is -1.28. The Bertz CT molecular complexity index is 1100. The zero-order valence-corrected chi connectivity index (χ0v) is 19.5. The first-order valence-electron chi connectivity index (χ1n) is 11.9. The highest BCUT2D eigenvalue weighted by atomic mass is 16.5. The van der Waals surface area contributed by atoms with E-state index in [0.29, 0.717) is 25.9 Å². The number of fused-ring (bicyclic) bond motifs is 3. The van der Waals surface area contributed by atoms with Gasteiger partial charge in [0.1, 0.15) is 12.6 Å². The number of benzene rings is 2. The topological polar surface area (TPSA) is 95.9 Å². The minimum absolute atomic E-state index is 0.000116. The number of nitrogens with zero attached hydrogens (tertiary/aromatic N) is 1. The molecule has 0 radical (unpaired) electrons. The summed E-state index contributed by atoms with van der Waals surface area (Å²) in [6.07, 6.45) is 0.835. The van der Waals surface area contributed by atoms with Gasteiger partial charge >= 0.3 is 12.1 Å². The molecule has 34 heavy (non-hydrogen) atoms. The van der Waals surface area contributed by atoms with Crippen LogP contribution in [0.2, 0.25) is 0 Å². The summed E-state index contributed by atoms with van der Waals surface area (Å²) in [7, 11) is 0. The number of carbonyl (C=O) groups is 3. The van der Waals surface area contributed by atoms with Crippen molar-refractivity contribution in [2.24, 2.45) is 17.3 Å². The molecule has 2 aromatic rings. The fraction of sp³-hybridized carbons (Fsp3) is 0.444. The SMILES string of the molecule is CC1(C)CCN(C(=O)[C@@H]2C[C@@H]2CNC(=O)OCC2c3ccccc3-c3ccccc32)C1C(=O)O. The first kappa shape index (κ1) is 22.4. The number of carboxylic acid groups (broad SMARTS) is 1. The number of rotatable bonds is 6. The molecule has 2 aromatic carbocycles. The maximum absolute atomic E-state index is 12.9. The van der Waals surface area contributed by atoms with Crippen LogP contribution >= 0.6 is 0 Å². The monoisotopic (exact) mass is 462 g/mol. The smallest absolute Gasteiger partial charge is 0.407 e. The van der Waals surface area contributed by atoms with Crippen molar-refractivity contribution in [2.75, 3.05) is 19.7 Å². The summed E-state index contributed by atoms with van der Waals surface area (Å²) >= 11 is 0. The Kier molecular flexibility index (Phi) is 5.58. The van der Waals surface area contributed by atoms with Crippen molar-refractivity contribution in [3.8, 4) is 11.1 Å². The number of likely N-dealkylation sites (tertiary alicyclic amines) is 1. The normalized spacial score (nSPS) is 24.3. The zero-order valence-electron chi connectivity index (χ0n) is 19.5. The molecular weight excluding hydrogens is 432 g/mol. The van der Waals surface area contributed by atoms with Gasteiger partial charge in [-0.05, 0) is 46.4 Å². The van der Waals surface area contributed by atoms with Gasteiger partial charge in [0.2, 0.25) is 5.91 Å². The van der Waals surface area contributed by atoms with E-state index >= 15 is 0 Å². The Balaban J connectivity index is 1.13. The van der Waals surface area contributed by atoms with Crippen LogP contribution in [0.3, 0.4) is 0 Å². The predicted octanol–water partition coefficient (Wildman–Crippen LogP) is 3.87. The van der Waals surface area contributed by atoms with Crippen LogP contribution in [0, 0.1) is 17.3 Å². The number of hydrogen-bond donors (Lipinski definition) is 2. The molecule has 1 saturated carbocycles. The van der Waals surface area contributed by atoms with Gasteiger partial charge in [-0.15, -0.1) is 0 Å². The minimum Gasteiger partial charge on any atom is -0.480 e.